The highest BCUT2D eigenvalue weighted by Gasteiger charge is 2.49. The van der Waals surface area contributed by atoms with Gasteiger partial charge in [-0.1, -0.05) is 36.5 Å². The largest absolute Gasteiger partial charge is 0.465 e. The average Bonchev–Trinajstić information content (AvgIpc) is 3.36. The minimum absolute atomic E-state index is 0.0386. The molecule has 4 rings (SSSR count). The van der Waals surface area contributed by atoms with Crippen LogP contribution in [-0.2, 0) is 28.7 Å². The van der Waals surface area contributed by atoms with E-state index in [2.05, 4.69) is 65.2 Å². The van der Waals surface area contributed by atoms with Crippen molar-refractivity contribution in [1.82, 2.24) is 19.6 Å². The second kappa shape index (κ2) is 16.4. The molecule has 10 nitrogen and oxygen atoms in total. The molecule has 0 bridgehead atoms. The smallest absolute Gasteiger partial charge is 0.320 e. The summed E-state index contributed by atoms with van der Waals surface area (Å²) in [4.78, 5) is 59.6. The monoisotopic (exact) mass is 694 g/mol. The van der Waals surface area contributed by atoms with Gasteiger partial charge < -0.3 is 19.3 Å². The Balaban J connectivity index is 1.12. The molecular formula is C40H62N4O6. The summed E-state index contributed by atoms with van der Waals surface area (Å²) in [6, 6.07) is 0.196. The van der Waals surface area contributed by atoms with Crippen LogP contribution in [0.2, 0.25) is 0 Å². The molecule has 0 aromatic rings. The van der Waals surface area contributed by atoms with Gasteiger partial charge in [-0.15, -0.1) is 0 Å². The van der Waals surface area contributed by atoms with Crippen LogP contribution in [0, 0.1) is 0 Å². The number of carbonyl (C=O) groups excluding carboxylic acids is 4. The van der Waals surface area contributed by atoms with Crippen LogP contribution in [0.25, 0.3) is 0 Å². The normalized spacial score (nSPS) is 23.9. The molecule has 0 aromatic carbocycles. The van der Waals surface area contributed by atoms with Gasteiger partial charge in [-0.3, -0.25) is 29.0 Å². The number of piperidine rings is 2. The molecule has 10 heteroatoms. The number of nitrogens with zero attached hydrogens (tertiary/aromatic N) is 4. The van der Waals surface area contributed by atoms with Crippen LogP contribution in [0.1, 0.15) is 107 Å². The molecule has 0 radical (unpaired) electrons. The van der Waals surface area contributed by atoms with Gasteiger partial charge in [0, 0.05) is 59.5 Å². The number of unbranched alkanes of at least 4 members (excludes halogenated alkanes) is 3. The summed E-state index contributed by atoms with van der Waals surface area (Å²) in [5.41, 5.74) is -1.14. The Morgan fingerprint density at radius 2 is 0.920 bits per heavy atom. The first-order valence-electron chi connectivity index (χ1n) is 18.6. The van der Waals surface area contributed by atoms with Crippen molar-refractivity contribution in [3.05, 3.63) is 48.6 Å². The number of hydrogen-bond donors (Lipinski definition) is 0. The van der Waals surface area contributed by atoms with E-state index in [1.807, 2.05) is 34.1 Å². The van der Waals surface area contributed by atoms with E-state index < -0.39 is 0 Å². The van der Waals surface area contributed by atoms with Crippen LogP contribution in [0.15, 0.2) is 48.6 Å². The molecule has 0 spiro atoms. The highest BCUT2D eigenvalue weighted by Crippen LogP contribution is 2.41. The molecule has 278 valence electrons. The Kier molecular flexibility index (Phi) is 13.0. The van der Waals surface area contributed by atoms with E-state index in [1.54, 1.807) is 24.3 Å². The van der Waals surface area contributed by atoms with E-state index in [1.165, 1.54) is 0 Å². The third-order valence-corrected chi connectivity index (χ3v) is 11.0. The zero-order valence-electron chi connectivity index (χ0n) is 31.9. The summed E-state index contributed by atoms with van der Waals surface area (Å²) in [5, 5.41) is 0. The number of rotatable bonds is 13. The van der Waals surface area contributed by atoms with Crippen LogP contribution in [0.3, 0.4) is 0 Å². The maximum atomic E-state index is 12.9. The number of carbonyl (C=O) groups is 4. The maximum absolute atomic E-state index is 12.9. The minimum Gasteiger partial charge on any atom is -0.465 e. The summed E-state index contributed by atoms with van der Waals surface area (Å²) >= 11 is 0. The Hall–Kier alpha value is -3.24. The topological polar surface area (TPSA) is 99.7 Å². The quantitative estimate of drug-likeness (QED) is 0.182. The lowest BCUT2D eigenvalue weighted by Crippen LogP contribution is -2.65. The molecule has 0 saturated carbocycles. The standard InChI is InChI=1S/C40H62N4O6/c1-37(2)25-31(41-21-15-11-13-19-33(41)45)26-38(3,4)43(37)29-35(47)49-23-17-9-10-18-24-50-36(48)30-44-39(5,6)27-32(28-40(44,7)8)42-22-16-12-14-20-34(42)46/h11-16,19-20,31-32H,9-10,17-18,21-30H2,1-8H3. The Morgan fingerprint density at radius 1 is 0.580 bits per heavy atom. The number of ether oxygens (including phenoxy) is 2. The third-order valence-electron chi connectivity index (χ3n) is 11.0. The van der Waals surface area contributed by atoms with Gasteiger partial charge in [0.1, 0.15) is 0 Å². The van der Waals surface area contributed by atoms with Crippen molar-refractivity contribution in [2.75, 3.05) is 39.4 Å². The van der Waals surface area contributed by atoms with Gasteiger partial charge in [-0.2, -0.15) is 0 Å². The first kappa shape index (κ1) is 39.5. The van der Waals surface area contributed by atoms with Crippen molar-refractivity contribution in [3.8, 4) is 0 Å². The molecule has 2 saturated heterocycles. The van der Waals surface area contributed by atoms with Gasteiger partial charge in [0.05, 0.1) is 26.3 Å². The van der Waals surface area contributed by atoms with Gasteiger partial charge in [0.25, 0.3) is 0 Å². The molecule has 0 unspecified atom stereocenters. The predicted molar refractivity (Wildman–Crippen MR) is 196 cm³/mol. The van der Waals surface area contributed by atoms with E-state index in [-0.39, 0.29) is 71.1 Å². The van der Waals surface area contributed by atoms with E-state index in [9.17, 15) is 19.2 Å². The van der Waals surface area contributed by atoms with E-state index in [4.69, 9.17) is 9.47 Å². The van der Waals surface area contributed by atoms with Crippen LogP contribution in [-0.4, -0.2) is 117 Å². The van der Waals surface area contributed by atoms with Crippen molar-refractivity contribution in [2.24, 2.45) is 0 Å². The molecule has 4 aliphatic rings. The van der Waals surface area contributed by atoms with Crippen molar-refractivity contribution in [1.29, 1.82) is 0 Å². The highest BCUT2D eigenvalue weighted by molar-refractivity contribution is 5.89. The predicted octanol–water partition coefficient (Wildman–Crippen LogP) is 5.59. The molecule has 0 atom stereocenters. The lowest BCUT2D eigenvalue weighted by atomic mass is 9.76. The molecular weight excluding hydrogens is 632 g/mol. The Labute approximate surface area is 300 Å². The number of likely N-dealkylation sites (tertiary alicyclic amines) is 2. The number of amides is 2. The lowest BCUT2D eigenvalue weighted by Gasteiger charge is -2.56. The van der Waals surface area contributed by atoms with Crippen LogP contribution in [0.4, 0.5) is 0 Å². The van der Waals surface area contributed by atoms with E-state index in [0.717, 1.165) is 51.4 Å². The second-order valence-corrected chi connectivity index (χ2v) is 17.0. The molecule has 4 heterocycles. The summed E-state index contributed by atoms with van der Waals surface area (Å²) in [6.45, 7) is 19.6. The van der Waals surface area contributed by atoms with Gasteiger partial charge in [0.15, 0.2) is 0 Å². The van der Waals surface area contributed by atoms with Gasteiger partial charge in [0.2, 0.25) is 11.8 Å². The number of allylic oxidation sites excluding steroid dienone is 4. The molecule has 50 heavy (non-hydrogen) atoms. The van der Waals surface area contributed by atoms with Crippen molar-refractivity contribution in [2.45, 2.75) is 141 Å². The SMILES string of the molecule is CC1(C)CC(N2CC=CC=CC2=O)CC(C)(C)N1CC(=O)OCCCCCCOC(=O)CN1C(C)(C)CC(N2CC=CC=CC2=O)CC1(C)C. The van der Waals surface area contributed by atoms with E-state index >= 15 is 0 Å². The lowest BCUT2D eigenvalue weighted by molar-refractivity contribution is -0.155. The molecule has 0 aliphatic carbocycles. The fraction of sp³-hybridized carbons (Fsp3) is 0.700. The van der Waals surface area contributed by atoms with E-state index in [0.29, 0.717) is 26.3 Å². The fourth-order valence-electron chi connectivity index (χ4n) is 8.92. The third kappa shape index (κ3) is 10.2. The van der Waals surface area contributed by atoms with Crippen molar-refractivity contribution < 1.29 is 28.7 Å². The molecule has 2 fully saturated rings. The zero-order valence-corrected chi connectivity index (χ0v) is 31.9. The second-order valence-electron chi connectivity index (χ2n) is 17.0. The highest BCUT2D eigenvalue weighted by atomic mass is 16.5. The Morgan fingerprint density at radius 3 is 1.26 bits per heavy atom. The molecule has 0 aromatic heterocycles. The minimum atomic E-state index is -0.284. The summed E-state index contributed by atoms with van der Waals surface area (Å²) in [7, 11) is 0. The maximum Gasteiger partial charge on any atom is 0.320 e. The molecule has 4 aliphatic heterocycles. The first-order chi connectivity index (χ1) is 23.4. The zero-order chi connectivity index (χ0) is 36.7. The van der Waals surface area contributed by atoms with Crippen LogP contribution < -0.4 is 0 Å². The van der Waals surface area contributed by atoms with Gasteiger partial charge in [-0.25, -0.2) is 0 Å². The number of hydrogen-bond acceptors (Lipinski definition) is 8. The van der Waals surface area contributed by atoms with Crippen LogP contribution >= 0.6 is 0 Å². The fourth-order valence-corrected chi connectivity index (χ4v) is 8.92. The van der Waals surface area contributed by atoms with Crippen molar-refractivity contribution in [3.63, 3.8) is 0 Å². The van der Waals surface area contributed by atoms with Crippen LogP contribution in [0.5, 0.6) is 0 Å². The summed E-state index contributed by atoms with van der Waals surface area (Å²) in [6.07, 6.45) is 21.1. The summed E-state index contributed by atoms with van der Waals surface area (Å²) < 4.78 is 11.3. The molecule has 0 N–H and O–H groups in total. The first-order valence-corrected chi connectivity index (χ1v) is 18.6. The van der Waals surface area contributed by atoms with Gasteiger partial charge >= 0.3 is 11.9 Å². The number of esters is 2. The Bertz CT molecular complexity index is 1220. The summed E-state index contributed by atoms with van der Waals surface area (Å²) in [5.74, 6) is -0.373. The van der Waals surface area contributed by atoms with Crippen molar-refractivity contribution >= 4 is 23.8 Å². The molecule has 2 amide bonds. The van der Waals surface area contributed by atoms with Gasteiger partial charge in [-0.05, 0) is 107 Å². The average molecular weight is 695 g/mol.